The lowest BCUT2D eigenvalue weighted by Crippen LogP contribution is -2.60. The minimum Gasteiger partial charge on any atom is -0.480 e. The largest absolute Gasteiger partial charge is 0.480 e. The summed E-state index contributed by atoms with van der Waals surface area (Å²) in [7, 11) is 0. The van der Waals surface area contributed by atoms with Crippen molar-refractivity contribution in [2.24, 2.45) is 23.1 Å². The molecule has 23 nitrogen and oxygen atoms in total. The number of H-pyrrole nitrogens is 1. The number of hydrogen-bond donors (Lipinski definition) is 11. The van der Waals surface area contributed by atoms with Gasteiger partial charge in [-0.2, -0.15) is 24.4 Å². The Balaban J connectivity index is 1.81. The van der Waals surface area contributed by atoms with Crippen LogP contribution >= 0.6 is 24.4 Å². The summed E-state index contributed by atoms with van der Waals surface area (Å²) in [5, 5.41) is 22.2. The topological polar surface area (TPSA) is 364 Å². The van der Waals surface area contributed by atoms with Crippen LogP contribution in [0.25, 0.3) is 0 Å². The van der Waals surface area contributed by atoms with Crippen molar-refractivity contribution >= 4 is 83.5 Å². The lowest BCUT2D eigenvalue weighted by Gasteiger charge is -2.33. The van der Waals surface area contributed by atoms with Gasteiger partial charge in [-0.15, -0.1) is 0 Å². The van der Waals surface area contributed by atoms with Crippen molar-refractivity contribution in [2.75, 3.05) is 30.9 Å². The smallest absolute Gasteiger partial charge is 0.326 e. The van der Waals surface area contributed by atoms with Gasteiger partial charge in [0, 0.05) is 37.2 Å². The molecule has 25 heteroatoms. The minimum atomic E-state index is -1.62. The number of nitrogens with zero attached hydrogens (tertiary/aromatic N) is 3. The van der Waals surface area contributed by atoms with E-state index in [0.29, 0.717) is 24.3 Å². The molecule has 1 aromatic heterocycles. The number of carbonyl (C=O) groups is 10. The molecular weight excluding hydrogens is 865 g/mol. The molecule has 350 valence electrons. The molecule has 0 spiro atoms. The standard InChI is InChI=1S/C38H60N12O11S2/c1-19(2)12-23(46-32(54)22(8-11-63-3)44-34(56)24(13-20-16-42-18-43-20)45-31(53)21(39)17-62)33(55)47-25(14-29(40)51)36(58)50-10-5-7-28(50)37(59)49-9-4-6-27(49)35(57)48-26(38(60)61)15-30(41)52/h16,18-19,21-28,62H,4-15,17,39H2,1-3H3,(H2,40,51)(H2,41,52)(H,42,43)(H,44,56)(H,45,53)(H,46,54)(H,47,55)(H,48,57)(H,60,61)/t21-,22-,23-,24-,25-,26-,27-,28-/m0/s1. The molecule has 3 rings (SSSR count). The molecule has 13 N–H and O–H groups in total. The van der Waals surface area contributed by atoms with Crippen molar-refractivity contribution < 1.29 is 53.1 Å². The van der Waals surface area contributed by atoms with Gasteiger partial charge in [-0.05, 0) is 56.5 Å². The van der Waals surface area contributed by atoms with E-state index in [9.17, 15) is 53.1 Å². The first-order valence-corrected chi connectivity index (χ1v) is 22.5. The lowest BCUT2D eigenvalue weighted by atomic mass is 10.0. The highest BCUT2D eigenvalue weighted by Crippen LogP contribution is 2.26. The second kappa shape index (κ2) is 25.0. The Kier molecular flexibility index (Phi) is 20.6. The van der Waals surface area contributed by atoms with Gasteiger partial charge in [-0.1, -0.05) is 13.8 Å². The van der Waals surface area contributed by atoms with Crippen molar-refractivity contribution in [3.05, 3.63) is 18.2 Å². The molecule has 2 aliphatic rings. The first-order chi connectivity index (χ1) is 29.8. The molecule has 1 aromatic rings. The van der Waals surface area contributed by atoms with Crippen LogP contribution < -0.4 is 43.8 Å². The average molecular weight is 925 g/mol. The number of carboxylic acids is 1. The van der Waals surface area contributed by atoms with E-state index in [4.69, 9.17) is 17.2 Å². The number of hydrogen-bond acceptors (Lipinski definition) is 14. The Morgan fingerprint density at radius 2 is 1.37 bits per heavy atom. The maximum atomic E-state index is 14.2. The summed E-state index contributed by atoms with van der Waals surface area (Å²) < 4.78 is 0. The molecule has 0 aliphatic carbocycles. The van der Waals surface area contributed by atoms with Crippen LogP contribution in [0.4, 0.5) is 0 Å². The molecule has 0 radical (unpaired) electrons. The Morgan fingerprint density at radius 3 is 1.94 bits per heavy atom. The third-order valence-corrected chi connectivity index (χ3v) is 11.5. The molecule has 0 saturated carbocycles. The number of thiol groups is 1. The highest BCUT2D eigenvalue weighted by atomic mass is 32.2. The third-order valence-electron chi connectivity index (χ3n) is 10.4. The first kappa shape index (κ1) is 51.9. The van der Waals surface area contributed by atoms with Crippen molar-refractivity contribution in [2.45, 2.75) is 120 Å². The molecule has 0 aromatic carbocycles. The number of rotatable bonds is 25. The molecule has 2 fully saturated rings. The van der Waals surface area contributed by atoms with Crippen LogP contribution in [0.5, 0.6) is 0 Å². The Hall–Kier alpha value is -5.43. The summed E-state index contributed by atoms with van der Waals surface area (Å²) in [6.45, 7) is 3.74. The predicted octanol–water partition coefficient (Wildman–Crippen LogP) is -3.75. The zero-order valence-corrected chi connectivity index (χ0v) is 37.2. The number of primary amides is 2. The molecule has 0 unspecified atom stereocenters. The van der Waals surface area contributed by atoms with Gasteiger partial charge in [-0.25, -0.2) is 9.78 Å². The monoisotopic (exact) mass is 924 g/mol. The fourth-order valence-corrected chi connectivity index (χ4v) is 7.90. The number of carboxylic acid groups (broad SMARTS) is 1. The van der Waals surface area contributed by atoms with E-state index in [2.05, 4.69) is 49.2 Å². The summed E-state index contributed by atoms with van der Waals surface area (Å²) in [5.74, 6) is -8.36. The summed E-state index contributed by atoms with van der Waals surface area (Å²) in [6.07, 6.45) is 4.59. The van der Waals surface area contributed by atoms with E-state index >= 15 is 0 Å². The summed E-state index contributed by atoms with van der Waals surface area (Å²) in [4.78, 5) is 140. The van der Waals surface area contributed by atoms with Crippen LogP contribution in [0, 0.1) is 5.92 Å². The molecule has 2 saturated heterocycles. The van der Waals surface area contributed by atoms with E-state index in [1.165, 1.54) is 34.1 Å². The summed E-state index contributed by atoms with van der Waals surface area (Å²) in [5.41, 5.74) is 17.0. The van der Waals surface area contributed by atoms with E-state index in [1.807, 2.05) is 0 Å². The zero-order valence-electron chi connectivity index (χ0n) is 35.5. The number of amides is 9. The van der Waals surface area contributed by atoms with Gasteiger partial charge in [0.1, 0.15) is 42.3 Å². The molecule has 63 heavy (non-hydrogen) atoms. The van der Waals surface area contributed by atoms with Crippen LogP contribution in [0.15, 0.2) is 12.5 Å². The number of nitrogens with two attached hydrogens (primary N) is 3. The van der Waals surface area contributed by atoms with E-state index < -0.39 is 120 Å². The van der Waals surface area contributed by atoms with Crippen molar-refractivity contribution in [3.8, 4) is 0 Å². The van der Waals surface area contributed by atoms with Gasteiger partial charge in [0.2, 0.25) is 53.2 Å². The third kappa shape index (κ3) is 15.7. The number of imidazole rings is 1. The Labute approximate surface area is 374 Å². The van der Waals surface area contributed by atoms with Crippen LogP contribution in [-0.4, -0.2) is 163 Å². The Bertz CT molecular complexity index is 1820. The van der Waals surface area contributed by atoms with Crippen LogP contribution in [0.1, 0.15) is 70.9 Å². The second-order valence-corrected chi connectivity index (χ2v) is 17.2. The van der Waals surface area contributed by atoms with Gasteiger partial charge < -0.3 is 63.7 Å². The quantitative estimate of drug-likeness (QED) is 0.0420. The molecule has 2 aliphatic heterocycles. The van der Waals surface area contributed by atoms with Gasteiger partial charge in [0.25, 0.3) is 0 Å². The first-order valence-electron chi connectivity index (χ1n) is 20.5. The Morgan fingerprint density at radius 1 is 0.810 bits per heavy atom. The molecule has 8 atom stereocenters. The summed E-state index contributed by atoms with van der Waals surface area (Å²) in [6, 6.07) is -10.1. The molecule has 0 bridgehead atoms. The average Bonchev–Trinajstić information content (AvgIpc) is 4.03. The number of nitrogens with one attached hydrogen (secondary N) is 6. The number of aromatic nitrogens is 2. The van der Waals surface area contributed by atoms with Crippen molar-refractivity contribution in [1.82, 2.24) is 46.4 Å². The highest BCUT2D eigenvalue weighted by molar-refractivity contribution is 7.98. The van der Waals surface area contributed by atoms with Crippen molar-refractivity contribution in [1.29, 1.82) is 0 Å². The fraction of sp³-hybridized carbons (Fsp3) is 0.658. The van der Waals surface area contributed by atoms with Gasteiger partial charge in [-0.3, -0.25) is 43.2 Å². The SMILES string of the molecule is CSCC[C@H](NC(=O)[C@H](Cc1cnc[nH]1)NC(=O)[C@@H](N)CS)C(=O)N[C@@H](CC(C)C)C(=O)N[C@@H](CC(N)=O)C(=O)N1CCC[C@H]1C(=O)N1CCC[C@H]1C(=O)N[C@@H](CC(N)=O)C(=O)O. The maximum absolute atomic E-state index is 14.2. The lowest BCUT2D eigenvalue weighted by molar-refractivity contribution is -0.149. The predicted molar refractivity (Wildman–Crippen MR) is 231 cm³/mol. The normalized spacial score (nSPS) is 18.9. The molecule has 9 amide bonds. The number of carbonyl (C=O) groups excluding carboxylic acids is 9. The number of aromatic amines is 1. The maximum Gasteiger partial charge on any atom is 0.326 e. The zero-order chi connectivity index (χ0) is 47.0. The van der Waals surface area contributed by atoms with E-state index in [1.54, 1.807) is 20.1 Å². The van der Waals surface area contributed by atoms with E-state index in [-0.39, 0.29) is 56.9 Å². The van der Waals surface area contributed by atoms with Crippen LogP contribution in [-0.2, 0) is 54.4 Å². The van der Waals surface area contributed by atoms with Crippen LogP contribution in [0.2, 0.25) is 0 Å². The highest BCUT2D eigenvalue weighted by Gasteiger charge is 2.45. The fourth-order valence-electron chi connectivity index (χ4n) is 7.26. The van der Waals surface area contributed by atoms with E-state index in [0.717, 1.165) is 0 Å². The minimum absolute atomic E-state index is 0.00370. The second-order valence-electron chi connectivity index (χ2n) is 15.8. The number of aliphatic carboxylic acids is 1. The molecular formula is C38H60N12O11S2. The van der Waals surface area contributed by atoms with Crippen molar-refractivity contribution in [3.63, 3.8) is 0 Å². The molecule has 3 heterocycles. The van der Waals surface area contributed by atoms with Crippen LogP contribution in [0.3, 0.4) is 0 Å². The summed E-state index contributed by atoms with van der Waals surface area (Å²) >= 11 is 5.45. The van der Waals surface area contributed by atoms with Gasteiger partial charge in [0.05, 0.1) is 25.2 Å². The van der Waals surface area contributed by atoms with Gasteiger partial charge >= 0.3 is 5.97 Å². The van der Waals surface area contributed by atoms with Gasteiger partial charge in [0.15, 0.2) is 0 Å². The number of likely N-dealkylation sites (tertiary alicyclic amines) is 2. The number of thioether (sulfide) groups is 1.